The molecular formula is C11H20N2O. The lowest BCUT2D eigenvalue weighted by Crippen LogP contribution is -2.36. The summed E-state index contributed by atoms with van der Waals surface area (Å²) in [7, 11) is 0. The van der Waals surface area contributed by atoms with Crippen LogP contribution in [0.4, 0.5) is 0 Å². The van der Waals surface area contributed by atoms with Crippen molar-refractivity contribution in [2.24, 2.45) is 11.8 Å². The van der Waals surface area contributed by atoms with Gasteiger partial charge in [0.1, 0.15) is 0 Å². The van der Waals surface area contributed by atoms with E-state index in [0.29, 0.717) is 11.8 Å². The molecule has 1 atom stereocenters. The Labute approximate surface area is 85.8 Å². The Morgan fingerprint density at radius 2 is 2.14 bits per heavy atom. The fourth-order valence-corrected chi connectivity index (χ4v) is 2.52. The minimum atomic E-state index is 0.371. The molecule has 3 heteroatoms. The van der Waals surface area contributed by atoms with Crippen LogP contribution in [-0.2, 0) is 4.79 Å². The zero-order chi connectivity index (χ0) is 9.97. The number of hydrogen-bond donors (Lipinski definition) is 1. The third-order valence-corrected chi connectivity index (χ3v) is 3.35. The van der Waals surface area contributed by atoms with Gasteiger partial charge >= 0.3 is 0 Å². The molecule has 2 rings (SSSR count). The molecule has 0 aromatic heterocycles. The van der Waals surface area contributed by atoms with Crippen LogP contribution in [0.3, 0.4) is 0 Å². The molecule has 0 aliphatic carbocycles. The van der Waals surface area contributed by atoms with Gasteiger partial charge in [-0.3, -0.25) is 4.79 Å². The molecule has 14 heavy (non-hydrogen) atoms. The van der Waals surface area contributed by atoms with Gasteiger partial charge in [-0.2, -0.15) is 0 Å². The molecule has 0 saturated carbocycles. The van der Waals surface area contributed by atoms with Gasteiger partial charge in [0.15, 0.2) is 0 Å². The van der Waals surface area contributed by atoms with E-state index in [9.17, 15) is 4.79 Å². The van der Waals surface area contributed by atoms with Crippen molar-refractivity contribution in [3.8, 4) is 0 Å². The summed E-state index contributed by atoms with van der Waals surface area (Å²) in [6, 6.07) is 0. The van der Waals surface area contributed by atoms with Crippen molar-refractivity contribution in [3.63, 3.8) is 0 Å². The predicted octanol–water partition coefficient (Wildman–Crippen LogP) is 0.854. The maximum Gasteiger partial charge on any atom is 0.222 e. The molecule has 3 nitrogen and oxygen atoms in total. The van der Waals surface area contributed by atoms with Crippen molar-refractivity contribution >= 4 is 5.91 Å². The molecule has 80 valence electrons. The zero-order valence-electron chi connectivity index (χ0n) is 8.96. The number of likely N-dealkylation sites (tertiary alicyclic amines) is 1. The number of nitrogens with one attached hydrogen (secondary N) is 1. The molecule has 2 aliphatic rings. The normalized spacial score (nSPS) is 29.9. The largest absolute Gasteiger partial charge is 0.342 e. The summed E-state index contributed by atoms with van der Waals surface area (Å²) in [5.41, 5.74) is 0. The van der Waals surface area contributed by atoms with Crippen molar-refractivity contribution in [2.45, 2.75) is 26.2 Å². The fourth-order valence-electron chi connectivity index (χ4n) is 2.52. The van der Waals surface area contributed by atoms with Crippen LogP contribution >= 0.6 is 0 Å². The third-order valence-electron chi connectivity index (χ3n) is 3.35. The van der Waals surface area contributed by atoms with E-state index in [1.165, 1.54) is 12.8 Å². The molecule has 0 bridgehead atoms. The summed E-state index contributed by atoms with van der Waals surface area (Å²) in [6.45, 7) is 6.42. The van der Waals surface area contributed by atoms with Crippen LogP contribution in [0.15, 0.2) is 0 Å². The summed E-state index contributed by atoms with van der Waals surface area (Å²) in [6.07, 6.45) is 3.24. The molecule has 0 radical (unpaired) electrons. The number of carbonyl (C=O) groups is 1. The third kappa shape index (κ3) is 2.27. The molecule has 1 amide bonds. The Morgan fingerprint density at radius 1 is 1.43 bits per heavy atom. The summed E-state index contributed by atoms with van der Waals surface area (Å²) >= 11 is 0. The van der Waals surface area contributed by atoms with Crippen molar-refractivity contribution < 1.29 is 4.79 Å². The molecular weight excluding hydrogens is 176 g/mol. The van der Waals surface area contributed by atoms with Crippen LogP contribution in [-0.4, -0.2) is 37.0 Å². The highest BCUT2D eigenvalue weighted by molar-refractivity contribution is 5.78. The number of nitrogens with zero attached hydrogens (tertiary/aromatic N) is 1. The van der Waals surface area contributed by atoms with Gasteiger partial charge in [0.05, 0.1) is 0 Å². The van der Waals surface area contributed by atoms with E-state index in [1.807, 2.05) is 0 Å². The quantitative estimate of drug-likeness (QED) is 0.710. The highest BCUT2D eigenvalue weighted by Crippen LogP contribution is 2.21. The highest BCUT2D eigenvalue weighted by atomic mass is 16.2. The Kier molecular flexibility index (Phi) is 3.06. The van der Waals surface area contributed by atoms with Crippen LogP contribution in [0.5, 0.6) is 0 Å². The number of amides is 1. The molecule has 0 aromatic carbocycles. The summed E-state index contributed by atoms with van der Waals surface area (Å²) < 4.78 is 0. The SMILES string of the molecule is CC1CC(=O)N(CC2CCNCC2)C1. The van der Waals surface area contributed by atoms with Crippen LogP contribution in [0, 0.1) is 11.8 Å². The lowest BCUT2D eigenvalue weighted by Gasteiger charge is -2.27. The molecule has 2 aliphatic heterocycles. The smallest absolute Gasteiger partial charge is 0.222 e. The molecule has 0 spiro atoms. The molecule has 0 aromatic rings. The lowest BCUT2D eigenvalue weighted by atomic mass is 9.98. The van der Waals surface area contributed by atoms with Crippen LogP contribution < -0.4 is 5.32 Å². The minimum Gasteiger partial charge on any atom is -0.342 e. The van der Waals surface area contributed by atoms with E-state index in [4.69, 9.17) is 0 Å². The van der Waals surface area contributed by atoms with Crippen LogP contribution in [0.1, 0.15) is 26.2 Å². The van der Waals surface area contributed by atoms with Gasteiger partial charge in [-0.25, -0.2) is 0 Å². The van der Waals surface area contributed by atoms with Crippen LogP contribution in [0.25, 0.3) is 0 Å². The standard InChI is InChI=1S/C11H20N2O/c1-9-6-11(14)13(7-9)8-10-2-4-12-5-3-10/h9-10,12H,2-8H2,1H3. The average Bonchev–Trinajstić information content (AvgIpc) is 2.47. The molecule has 1 N–H and O–H groups in total. The highest BCUT2D eigenvalue weighted by Gasteiger charge is 2.28. The van der Waals surface area contributed by atoms with Gasteiger partial charge in [0.25, 0.3) is 0 Å². The van der Waals surface area contributed by atoms with Crippen molar-refractivity contribution in [1.82, 2.24) is 10.2 Å². The first-order valence-electron chi connectivity index (χ1n) is 5.74. The van der Waals surface area contributed by atoms with Crippen molar-refractivity contribution in [3.05, 3.63) is 0 Å². The van der Waals surface area contributed by atoms with E-state index in [1.54, 1.807) is 0 Å². The van der Waals surface area contributed by atoms with Gasteiger partial charge in [-0.1, -0.05) is 6.92 Å². The first-order chi connectivity index (χ1) is 6.75. The first kappa shape index (κ1) is 9.97. The van der Waals surface area contributed by atoms with E-state index >= 15 is 0 Å². The fraction of sp³-hybridized carbons (Fsp3) is 0.909. The van der Waals surface area contributed by atoms with Gasteiger partial charge in [-0.15, -0.1) is 0 Å². The minimum absolute atomic E-state index is 0.371. The van der Waals surface area contributed by atoms with Gasteiger partial charge in [0, 0.05) is 19.5 Å². The van der Waals surface area contributed by atoms with Gasteiger partial charge in [0.2, 0.25) is 5.91 Å². The monoisotopic (exact) mass is 196 g/mol. The Hall–Kier alpha value is -0.570. The van der Waals surface area contributed by atoms with E-state index in [-0.39, 0.29) is 0 Å². The summed E-state index contributed by atoms with van der Waals surface area (Å²) in [4.78, 5) is 13.6. The van der Waals surface area contributed by atoms with Crippen molar-refractivity contribution in [2.75, 3.05) is 26.2 Å². The van der Waals surface area contributed by atoms with Crippen molar-refractivity contribution in [1.29, 1.82) is 0 Å². The van der Waals surface area contributed by atoms with Crippen LogP contribution in [0.2, 0.25) is 0 Å². The molecule has 2 saturated heterocycles. The molecule has 1 unspecified atom stereocenters. The summed E-state index contributed by atoms with van der Waals surface area (Å²) in [5, 5.41) is 3.36. The second-order valence-corrected chi connectivity index (χ2v) is 4.80. The number of carbonyl (C=O) groups excluding carboxylic acids is 1. The van der Waals surface area contributed by atoms with E-state index < -0.39 is 0 Å². The maximum atomic E-state index is 11.6. The maximum absolute atomic E-state index is 11.6. The Morgan fingerprint density at radius 3 is 2.71 bits per heavy atom. The second-order valence-electron chi connectivity index (χ2n) is 4.80. The first-order valence-corrected chi connectivity index (χ1v) is 5.74. The number of hydrogen-bond acceptors (Lipinski definition) is 2. The Balaban J connectivity index is 1.81. The lowest BCUT2D eigenvalue weighted by molar-refractivity contribution is -0.128. The van der Waals surface area contributed by atoms with Gasteiger partial charge in [-0.05, 0) is 37.8 Å². The summed E-state index contributed by atoms with van der Waals surface area (Å²) in [5.74, 6) is 1.69. The van der Waals surface area contributed by atoms with Gasteiger partial charge < -0.3 is 10.2 Å². The average molecular weight is 196 g/mol. The topological polar surface area (TPSA) is 32.3 Å². The molecule has 2 heterocycles. The van der Waals surface area contributed by atoms with E-state index in [0.717, 1.165) is 38.5 Å². The number of piperidine rings is 1. The predicted molar refractivity (Wildman–Crippen MR) is 56.0 cm³/mol. The Bertz CT molecular complexity index is 211. The van der Waals surface area contributed by atoms with E-state index in [2.05, 4.69) is 17.1 Å². The number of rotatable bonds is 2. The second kappa shape index (κ2) is 4.30. The zero-order valence-corrected chi connectivity index (χ0v) is 8.96. The molecule has 2 fully saturated rings.